The Morgan fingerprint density at radius 3 is 2.21 bits per heavy atom. The van der Waals surface area contributed by atoms with Crippen LogP contribution in [0.1, 0.15) is 53.9 Å². The molecule has 0 bridgehead atoms. The highest BCUT2D eigenvalue weighted by Crippen LogP contribution is 2.26. The van der Waals surface area contributed by atoms with E-state index in [9.17, 15) is 49.5 Å². The molecule has 0 aliphatic carbocycles. The number of hydrogen-bond acceptors (Lipinski definition) is 13. The fraction of sp³-hybridized carbons (Fsp3) is 0.821. The molecule has 2 fully saturated rings. The van der Waals surface area contributed by atoms with Gasteiger partial charge in [-0.3, -0.25) is 39.1 Å². The molecular formula is C28H48N4O10S. The summed E-state index contributed by atoms with van der Waals surface area (Å²) in [5.74, 6) is -3.55. The molecule has 0 aromatic heterocycles. The Hall–Kier alpha value is -1.98. The summed E-state index contributed by atoms with van der Waals surface area (Å²) < 4.78 is 0. The summed E-state index contributed by atoms with van der Waals surface area (Å²) in [6.07, 6.45) is -6.08. The minimum atomic E-state index is -1.78. The van der Waals surface area contributed by atoms with Gasteiger partial charge in [0.05, 0.1) is 29.8 Å². The molecule has 2 saturated heterocycles. The topological polar surface area (TPSA) is 217 Å². The molecular weight excluding hydrogens is 584 g/mol. The third-order valence-electron chi connectivity index (χ3n) is 8.11. The average molecular weight is 633 g/mol. The number of carbonyl (C=O) groups excluding carboxylic acids is 5. The minimum Gasteiger partial charge on any atom is -0.395 e. The van der Waals surface area contributed by atoms with E-state index in [4.69, 9.17) is 0 Å². The molecule has 246 valence electrons. The van der Waals surface area contributed by atoms with Crippen molar-refractivity contribution in [2.75, 3.05) is 32.0 Å². The highest BCUT2D eigenvalue weighted by Gasteiger charge is 2.41. The number of nitrogens with one attached hydrogen (secondary N) is 2. The van der Waals surface area contributed by atoms with Crippen molar-refractivity contribution >= 4 is 41.0 Å². The lowest BCUT2D eigenvalue weighted by Gasteiger charge is -2.43. The van der Waals surface area contributed by atoms with Crippen LogP contribution in [-0.2, 0) is 24.0 Å². The second-order valence-corrected chi connectivity index (χ2v) is 13.1. The maximum Gasteiger partial charge on any atom is 0.242 e. The maximum atomic E-state index is 12.9. The Kier molecular flexibility index (Phi) is 14.6. The zero-order valence-electron chi connectivity index (χ0n) is 25.5. The summed E-state index contributed by atoms with van der Waals surface area (Å²) in [4.78, 5) is 66.0. The van der Waals surface area contributed by atoms with Crippen molar-refractivity contribution in [2.45, 2.75) is 95.9 Å². The van der Waals surface area contributed by atoms with Crippen LogP contribution < -0.4 is 10.6 Å². The Bertz CT molecular complexity index is 999. The number of amides is 3. The first kappa shape index (κ1) is 37.2. The number of Topliss-reactive ketones (excluding diaryl/α,β-unsaturated/α-hetero) is 2. The third-order valence-corrected chi connectivity index (χ3v) is 9.33. The molecule has 2 rings (SSSR count). The van der Waals surface area contributed by atoms with Crippen LogP contribution in [0.25, 0.3) is 0 Å². The van der Waals surface area contributed by atoms with Gasteiger partial charge in [-0.2, -0.15) is 0 Å². The fourth-order valence-electron chi connectivity index (χ4n) is 4.86. The number of hydrogen-bond donors (Lipinski definition) is 7. The molecule has 2 aliphatic heterocycles. The number of aliphatic hydroxyl groups is 5. The molecule has 0 saturated carbocycles. The largest absolute Gasteiger partial charge is 0.395 e. The second-order valence-electron chi connectivity index (χ2n) is 12.0. The van der Waals surface area contributed by atoms with Crippen LogP contribution in [-0.4, -0.2) is 139 Å². The molecule has 0 spiro atoms. The summed E-state index contributed by atoms with van der Waals surface area (Å²) in [5, 5.41) is 54.1. The normalized spacial score (nSPS) is 27.1. The van der Waals surface area contributed by atoms with Crippen LogP contribution in [0.3, 0.4) is 0 Å². The number of β-amino-alcohol motifs (C(OH)–C–C–N with tert-alkyl or cyclic N) is 1. The molecule has 2 aliphatic rings. The number of ketones is 2. The number of likely N-dealkylation sites (tertiary alicyclic amines) is 2. The van der Waals surface area contributed by atoms with E-state index in [2.05, 4.69) is 10.6 Å². The van der Waals surface area contributed by atoms with Crippen LogP contribution in [0.5, 0.6) is 0 Å². The predicted octanol–water partition coefficient (Wildman–Crippen LogP) is -2.18. The van der Waals surface area contributed by atoms with Gasteiger partial charge in [0.2, 0.25) is 17.7 Å². The van der Waals surface area contributed by atoms with Crippen LogP contribution in [0.2, 0.25) is 0 Å². The number of rotatable bonds is 17. The lowest BCUT2D eigenvalue weighted by molar-refractivity contribution is -0.145. The molecule has 15 heteroatoms. The van der Waals surface area contributed by atoms with Gasteiger partial charge >= 0.3 is 0 Å². The average Bonchev–Trinajstić information content (AvgIpc) is 3.22. The highest BCUT2D eigenvalue weighted by atomic mass is 32.2. The highest BCUT2D eigenvalue weighted by molar-refractivity contribution is 8.01. The van der Waals surface area contributed by atoms with Crippen LogP contribution in [0.15, 0.2) is 0 Å². The third kappa shape index (κ3) is 10.0. The molecule has 43 heavy (non-hydrogen) atoms. The Morgan fingerprint density at radius 1 is 1.00 bits per heavy atom. The van der Waals surface area contributed by atoms with Gasteiger partial charge in [0, 0.05) is 31.3 Å². The summed E-state index contributed by atoms with van der Waals surface area (Å²) >= 11 is 0.917. The quantitative estimate of drug-likeness (QED) is 0.0516. The van der Waals surface area contributed by atoms with Gasteiger partial charge in [0.15, 0.2) is 17.8 Å². The molecule has 0 aromatic rings. The number of unbranched alkanes of at least 4 members (excludes halogenated alkanes) is 1. The molecule has 14 nitrogen and oxygen atoms in total. The van der Waals surface area contributed by atoms with Crippen molar-refractivity contribution < 1.29 is 49.5 Å². The summed E-state index contributed by atoms with van der Waals surface area (Å²) in [5.41, 5.74) is 0. The molecule has 3 amide bonds. The van der Waals surface area contributed by atoms with Gasteiger partial charge in [-0.25, -0.2) is 0 Å². The summed E-state index contributed by atoms with van der Waals surface area (Å²) in [6.45, 7) is 8.84. The first-order chi connectivity index (χ1) is 20.1. The van der Waals surface area contributed by atoms with Gasteiger partial charge in [-0.1, -0.05) is 34.6 Å². The number of nitrogens with zero attached hydrogens (tertiary/aromatic N) is 2. The van der Waals surface area contributed by atoms with Gasteiger partial charge in [-0.05, 0) is 25.3 Å². The van der Waals surface area contributed by atoms with E-state index >= 15 is 0 Å². The van der Waals surface area contributed by atoms with Crippen LogP contribution in [0, 0.1) is 17.8 Å². The van der Waals surface area contributed by atoms with Crippen molar-refractivity contribution in [3.8, 4) is 0 Å². The lowest BCUT2D eigenvalue weighted by atomic mass is 9.94. The molecule has 2 heterocycles. The van der Waals surface area contributed by atoms with Gasteiger partial charge in [0.1, 0.15) is 18.4 Å². The number of imide groups is 1. The second kappa shape index (κ2) is 16.9. The van der Waals surface area contributed by atoms with Crippen molar-refractivity contribution in [3.63, 3.8) is 0 Å². The number of thioether (sulfide) groups is 1. The molecule has 8 atom stereocenters. The minimum absolute atomic E-state index is 0.00954. The van der Waals surface area contributed by atoms with Crippen molar-refractivity contribution in [1.82, 2.24) is 20.4 Å². The lowest BCUT2D eigenvalue weighted by Crippen LogP contribution is -2.62. The predicted molar refractivity (Wildman–Crippen MR) is 157 cm³/mol. The van der Waals surface area contributed by atoms with Crippen LogP contribution >= 0.6 is 11.8 Å². The standard InChI is InChI=1S/C28H48N4O10S/c1-14(2)16(5)26(40)29-25(22(37)15(3)4)30-27(41)19(35)13-43-20-10-21(36)32(28(20)42)9-7-6-8-31-11-18(34)24(39)23(38)17(31)12-33/h14-18,20,23-25,27,30,33-34,38-39,41H,6-13H2,1-5H3,(H,29,40)/t16?,17-,18+,20?,23+,24-,25?,27?/m1/s1. The van der Waals surface area contributed by atoms with E-state index in [-0.39, 0.29) is 31.2 Å². The number of carbonyl (C=O) groups is 5. The van der Waals surface area contributed by atoms with Gasteiger partial charge < -0.3 is 30.8 Å². The van der Waals surface area contributed by atoms with E-state index in [1.54, 1.807) is 25.7 Å². The van der Waals surface area contributed by atoms with E-state index in [0.717, 1.165) is 16.7 Å². The maximum absolute atomic E-state index is 12.9. The molecule has 0 radical (unpaired) electrons. The summed E-state index contributed by atoms with van der Waals surface area (Å²) in [7, 11) is 0. The van der Waals surface area contributed by atoms with Crippen molar-refractivity contribution in [3.05, 3.63) is 0 Å². The smallest absolute Gasteiger partial charge is 0.242 e. The fourth-order valence-corrected chi connectivity index (χ4v) is 5.91. The summed E-state index contributed by atoms with van der Waals surface area (Å²) in [6, 6.07) is -0.741. The molecule has 0 aromatic carbocycles. The molecule has 7 N–H and O–H groups in total. The van der Waals surface area contributed by atoms with Crippen molar-refractivity contribution in [2.24, 2.45) is 17.8 Å². The van der Waals surface area contributed by atoms with Gasteiger partial charge in [-0.15, -0.1) is 11.8 Å². The number of piperidine rings is 1. The Morgan fingerprint density at radius 2 is 1.63 bits per heavy atom. The monoisotopic (exact) mass is 632 g/mol. The van der Waals surface area contributed by atoms with Crippen molar-refractivity contribution in [1.29, 1.82) is 0 Å². The van der Waals surface area contributed by atoms with E-state index in [1.807, 2.05) is 13.8 Å². The Labute approximate surface area is 256 Å². The first-order valence-electron chi connectivity index (χ1n) is 14.8. The van der Waals surface area contributed by atoms with Gasteiger partial charge in [0.25, 0.3) is 0 Å². The molecule has 4 unspecified atom stereocenters. The SMILES string of the molecule is CC(C)C(=O)C(NC(=O)C(C)C(C)C)NC(O)C(=O)CSC1CC(=O)N(CCCCN2C[C@H](O)[C@@H](O)[C@@H](O)[C@H]2CO)C1=O. The van der Waals surface area contributed by atoms with E-state index in [0.29, 0.717) is 19.4 Å². The zero-order chi connectivity index (χ0) is 32.6. The zero-order valence-corrected chi connectivity index (χ0v) is 26.3. The van der Waals surface area contributed by atoms with E-state index in [1.165, 1.54) is 0 Å². The van der Waals surface area contributed by atoms with Crippen LogP contribution in [0.4, 0.5) is 0 Å². The van der Waals surface area contributed by atoms with E-state index < -0.39 is 89.7 Å². The first-order valence-corrected chi connectivity index (χ1v) is 15.8. The number of aliphatic hydroxyl groups excluding tert-OH is 5. The Balaban J connectivity index is 1.85.